The molecule has 2 aliphatic rings. The van der Waals surface area contributed by atoms with Crippen molar-refractivity contribution in [2.24, 2.45) is 0 Å². The monoisotopic (exact) mass is 451 g/mol. The van der Waals surface area contributed by atoms with E-state index in [2.05, 4.69) is 57.9 Å². The first kappa shape index (κ1) is 21.6. The lowest BCUT2D eigenvalue weighted by Crippen LogP contribution is -2.44. The Kier molecular flexibility index (Phi) is 6.05. The SMILES string of the molecule is CN1CCN(c2ccc(Cc3nc(NC4CCC(C)(O)CC4)c4sccc4n3)cc2)CC1. The van der Waals surface area contributed by atoms with Crippen LogP contribution in [0.15, 0.2) is 35.7 Å². The number of hydrogen-bond donors (Lipinski definition) is 2. The van der Waals surface area contributed by atoms with E-state index in [4.69, 9.17) is 9.97 Å². The van der Waals surface area contributed by atoms with Crippen LogP contribution in [0.5, 0.6) is 0 Å². The van der Waals surface area contributed by atoms with Gasteiger partial charge in [-0.2, -0.15) is 0 Å². The lowest BCUT2D eigenvalue weighted by atomic mass is 9.84. The lowest BCUT2D eigenvalue weighted by Gasteiger charge is -2.34. The highest BCUT2D eigenvalue weighted by Crippen LogP contribution is 2.32. The van der Waals surface area contributed by atoms with Crippen molar-refractivity contribution >= 4 is 33.1 Å². The van der Waals surface area contributed by atoms with E-state index in [9.17, 15) is 5.11 Å². The van der Waals surface area contributed by atoms with Crippen molar-refractivity contribution in [3.63, 3.8) is 0 Å². The molecule has 2 fully saturated rings. The summed E-state index contributed by atoms with van der Waals surface area (Å²) in [5.41, 5.74) is 3.02. The third-order valence-electron chi connectivity index (χ3n) is 6.92. The van der Waals surface area contributed by atoms with Gasteiger partial charge in [-0.25, -0.2) is 9.97 Å². The van der Waals surface area contributed by atoms with Crippen molar-refractivity contribution in [1.82, 2.24) is 14.9 Å². The summed E-state index contributed by atoms with van der Waals surface area (Å²) in [5, 5.41) is 16.0. The molecule has 3 aromatic rings. The van der Waals surface area contributed by atoms with Crippen LogP contribution in [0.2, 0.25) is 0 Å². The maximum Gasteiger partial charge on any atom is 0.148 e. The van der Waals surface area contributed by atoms with E-state index in [1.165, 1.54) is 11.3 Å². The van der Waals surface area contributed by atoms with Gasteiger partial charge in [0.2, 0.25) is 0 Å². The molecule has 0 atom stereocenters. The van der Waals surface area contributed by atoms with Crippen LogP contribution in [0.1, 0.15) is 44.0 Å². The third-order valence-corrected chi connectivity index (χ3v) is 7.83. The van der Waals surface area contributed by atoms with Gasteiger partial charge >= 0.3 is 0 Å². The van der Waals surface area contributed by atoms with Crippen molar-refractivity contribution in [3.05, 3.63) is 47.1 Å². The Morgan fingerprint density at radius 1 is 1.06 bits per heavy atom. The summed E-state index contributed by atoms with van der Waals surface area (Å²) >= 11 is 1.69. The normalized spacial score (nSPS) is 24.7. The van der Waals surface area contributed by atoms with Crippen LogP contribution in [0.25, 0.3) is 10.2 Å². The van der Waals surface area contributed by atoms with Crippen LogP contribution in [0, 0.1) is 0 Å². The number of aromatic nitrogens is 2. The second kappa shape index (κ2) is 8.96. The molecule has 7 heteroatoms. The first-order chi connectivity index (χ1) is 15.4. The number of nitrogens with zero attached hydrogens (tertiary/aromatic N) is 4. The Labute approximate surface area is 194 Å². The van der Waals surface area contributed by atoms with Crippen molar-refractivity contribution in [1.29, 1.82) is 0 Å². The quantitative estimate of drug-likeness (QED) is 0.608. The van der Waals surface area contributed by atoms with E-state index in [-0.39, 0.29) is 0 Å². The predicted octanol–water partition coefficient (Wildman–Crippen LogP) is 4.14. The van der Waals surface area contributed by atoms with Crippen molar-refractivity contribution in [3.8, 4) is 0 Å². The van der Waals surface area contributed by atoms with Crippen LogP contribution in [0.4, 0.5) is 11.5 Å². The van der Waals surface area contributed by atoms with E-state index in [1.54, 1.807) is 11.3 Å². The number of hydrogen-bond acceptors (Lipinski definition) is 7. The molecule has 0 amide bonds. The molecule has 32 heavy (non-hydrogen) atoms. The van der Waals surface area contributed by atoms with Gasteiger partial charge in [0.05, 0.1) is 15.8 Å². The fourth-order valence-corrected chi connectivity index (χ4v) is 5.52. The molecule has 2 aromatic heterocycles. The summed E-state index contributed by atoms with van der Waals surface area (Å²) < 4.78 is 1.12. The van der Waals surface area contributed by atoms with Crippen molar-refractivity contribution < 1.29 is 5.11 Å². The number of aliphatic hydroxyl groups is 1. The molecule has 5 rings (SSSR count). The summed E-state index contributed by atoms with van der Waals surface area (Å²) in [6.45, 7) is 6.34. The Morgan fingerprint density at radius 2 is 1.78 bits per heavy atom. The zero-order valence-corrected chi connectivity index (χ0v) is 19.9. The highest BCUT2D eigenvalue weighted by Gasteiger charge is 2.29. The third kappa shape index (κ3) is 4.90. The average molecular weight is 452 g/mol. The molecular weight excluding hydrogens is 418 g/mol. The van der Waals surface area contributed by atoms with Crippen LogP contribution in [-0.4, -0.2) is 64.8 Å². The maximum atomic E-state index is 10.3. The zero-order valence-electron chi connectivity index (χ0n) is 19.0. The lowest BCUT2D eigenvalue weighted by molar-refractivity contribution is 0.0196. The number of piperazine rings is 1. The summed E-state index contributed by atoms with van der Waals surface area (Å²) in [7, 11) is 2.19. The second-order valence-electron chi connectivity index (χ2n) is 9.67. The predicted molar refractivity (Wildman–Crippen MR) is 133 cm³/mol. The highest BCUT2D eigenvalue weighted by atomic mass is 32.1. The molecule has 0 spiro atoms. The molecule has 6 nitrogen and oxygen atoms in total. The van der Waals surface area contributed by atoms with Gasteiger partial charge in [-0.3, -0.25) is 0 Å². The first-order valence-corrected chi connectivity index (χ1v) is 12.6. The molecule has 1 aliphatic carbocycles. The molecule has 0 unspecified atom stereocenters. The number of thiophene rings is 1. The topological polar surface area (TPSA) is 64.5 Å². The van der Waals surface area contributed by atoms with E-state index in [0.29, 0.717) is 6.04 Å². The zero-order chi connectivity index (χ0) is 22.1. The maximum absolute atomic E-state index is 10.3. The number of fused-ring (bicyclic) bond motifs is 1. The van der Waals surface area contributed by atoms with Crippen LogP contribution >= 0.6 is 11.3 Å². The van der Waals surface area contributed by atoms with Gasteiger partial charge in [-0.1, -0.05) is 12.1 Å². The van der Waals surface area contributed by atoms with Crippen LogP contribution in [-0.2, 0) is 6.42 Å². The Morgan fingerprint density at radius 3 is 2.50 bits per heavy atom. The summed E-state index contributed by atoms with van der Waals surface area (Å²) in [6.07, 6.45) is 4.31. The molecular formula is C25H33N5OS. The number of benzene rings is 1. The molecule has 0 radical (unpaired) electrons. The smallest absolute Gasteiger partial charge is 0.148 e. The van der Waals surface area contributed by atoms with Gasteiger partial charge in [0.15, 0.2) is 0 Å². The first-order valence-electron chi connectivity index (χ1n) is 11.7. The van der Waals surface area contributed by atoms with Crippen molar-refractivity contribution in [2.75, 3.05) is 43.4 Å². The fraction of sp³-hybridized carbons (Fsp3) is 0.520. The number of anilines is 2. The molecule has 2 N–H and O–H groups in total. The van der Waals surface area contributed by atoms with Crippen LogP contribution < -0.4 is 10.2 Å². The molecule has 1 saturated carbocycles. The van der Waals surface area contributed by atoms with Gasteiger partial charge in [0.1, 0.15) is 11.6 Å². The van der Waals surface area contributed by atoms with Gasteiger partial charge < -0.3 is 20.2 Å². The molecule has 1 saturated heterocycles. The van der Waals surface area contributed by atoms with Crippen LogP contribution in [0.3, 0.4) is 0 Å². The minimum Gasteiger partial charge on any atom is -0.390 e. The highest BCUT2D eigenvalue weighted by molar-refractivity contribution is 7.17. The van der Waals surface area contributed by atoms with E-state index < -0.39 is 5.60 Å². The molecule has 1 aliphatic heterocycles. The Bertz CT molecular complexity index is 1050. The summed E-state index contributed by atoms with van der Waals surface area (Å²) in [5.74, 6) is 1.80. The van der Waals surface area contributed by atoms with Crippen molar-refractivity contribution in [2.45, 2.75) is 50.7 Å². The number of likely N-dealkylation sites (N-methyl/N-ethyl adjacent to an activating group) is 1. The Balaban J connectivity index is 1.30. The minimum atomic E-state index is -0.524. The number of rotatable bonds is 5. The molecule has 170 valence electrons. The van der Waals surface area contributed by atoms with E-state index >= 15 is 0 Å². The number of nitrogens with one attached hydrogen (secondary N) is 1. The summed E-state index contributed by atoms with van der Waals surface area (Å²) in [6, 6.07) is 11.3. The standard InChI is InChI=1S/C25H33N5OS/c1-25(31)10-7-19(8-11-25)26-24-23-21(9-16-32-23)27-22(28-24)17-18-3-5-20(6-4-18)30-14-12-29(2)13-15-30/h3-6,9,16,19,31H,7-8,10-15,17H2,1-2H3,(H,26,27,28). The summed E-state index contributed by atoms with van der Waals surface area (Å²) in [4.78, 5) is 14.6. The van der Waals surface area contributed by atoms with Gasteiger partial charge in [-0.15, -0.1) is 11.3 Å². The minimum absolute atomic E-state index is 0.353. The second-order valence-corrected chi connectivity index (χ2v) is 10.6. The fourth-order valence-electron chi connectivity index (χ4n) is 4.74. The van der Waals surface area contributed by atoms with E-state index in [1.807, 2.05) is 6.92 Å². The molecule has 3 heterocycles. The molecule has 1 aromatic carbocycles. The molecule has 0 bridgehead atoms. The largest absolute Gasteiger partial charge is 0.390 e. The van der Waals surface area contributed by atoms with Gasteiger partial charge in [-0.05, 0) is 68.8 Å². The van der Waals surface area contributed by atoms with Gasteiger partial charge in [0, 0.05) is 44.3 Å². The Hall–Kier alpha value is -2.22. The van der Waals surface area contributed by atoms with Gasteiger partial charge in [0.25, 0.3) is 0 Å². The van der Waals surface area contributed by atoms with E-state index in [0.717, 1.165) is 80.1 Å². The average Bonchev–Trinajstić information content (AvgIpc) is 3.25.